The molecule has 1 unspecified atom stereocenters. The number of ether oxygens (including phenoxy) is 1. The fraction of sp³-hybridized carbons (Fsp3) is 0.400. The molecule has 0 amide bonds. The highest BCUT2D eigenvalue weighted by atomic mass is 35.5. The van der Waals surface area contributed by atoms with Crippen LogP contribution >= 0.6 is 23.2 Å². The molecule has 0 bridgehead atoms. The summed E-state index contributed by atoms with van der Waals surface area (Å²) in [5.41, 5.74) is 6.99. The Morgan fingerprint density at radius 1 is 1.25 bits per heavy atom. The van der Waals surface area contributed by atoms with E-state index in [2.05, 4.69) is 15.2 Å². The summed E-state index contributed by atoms with van der Waals surface area (Å²) in [5, 5.41) is 9.01. The molecule has 0 aliphatic carbocycles. The Kier molecular flexibility index (Phi) is 7.36. The number of aromatic nitrogens is 3. The second kappa shape index (κ2) is 9.27. The average molecular weight is 389 g/mol. The van der Waals surface area contributed by atoms with Crippen molar-refractivity contribution < 1.29 is 8.95 Å². The minimum Gasteiger partial charge on any atom is -0.382 e. The number of halogens is 2. The zero-order chi connectivity index (χ0) is 17.5. The molecule has 1 aromatic heterocycles. The number of rotatable bonds is 8. The first kappa shape index (κ1) is 19.1. The van der Waals surface area contributed by atoms with Crippen LogP contribution < -0.4 is 5.73 Å². The Morgan fingerprint density at radius 2 is 2.04 bits per heavy atom. The van der Waals surface area contributed by atoms with Crippen LogP contribution in [-0.4, -0.2) is 44.6 Å². The number of nitrogens with two attached hydrogens (primary N) is 1. The zero-order valence-corrected chi connectivity index (χ0v) is 15.5. The molecule has 0 spiro atoms. The van der Waals surface area contributed by atoms with Gasteiger partial charge in [0.2, 0.25) is 0 Å². The fourth-order valence-corrected chi connectivity index (χ4v) is 2.71. The molecule has 2 N–H and O–H groups in total. The van der Waals surface area contributed by atoms with E-state index in [-0.39, 0.29) is 5.82 Å². The van der Waals surface area contributed by atoms with Gasteiger partial charge in [-0.25, -0.2) is 4.98 Å². The lowest BCUT2D eigenvalue weighted by molar-refractivity contribution is 0.146. The van der Waals surface area contributed by atoms with Crippen LogP contribution in [0.25, 0.3) is 11.3 Å². The molecule has 0 saturated carbocycles. The quantitative estimate of drug-likeness (QED) is 0.698. The lowest BCUT2D eigenvalue weighted by atomic mass is 10.1. The van der Waals surface area contributed by atoms with E-state index < -0.39 is 10.8 Å². The maximum absolute atomic E-state index is 10.9. The van der Waals surface area contributed by atoms with Crippen LogP contribution in [-0.2, 0) is 22.0 Å². The first-order valence-corrected chi connectivity index (χ1v) is 9.78. The van der Waals surface area contributed by atoms with Gasteiger partial charge in [0.05, 0.1) is 16.7 Å². The summed E-state index contributed by atoms with van der Waals surface area (Å²) in [6, 6.07) is 5.22. The first-order chi connectivity index (χ1) is 11.5. The maximum Gasteiger partial charge on any atom is 0.154 e. The number of hydrogen-bond donors (Lipinski definition) is 1. The molecule has 1 aromatic carbocycles. The van der Waals surface area contributed by atoms with Crippen LogP contribution in [0, 0.1) is 0 Å². The number of nitrogens with zero attached hydrogens (tertiary/aromatic N) is 3. The summed E-state index contributed by atoms with van der Waals surface area (Å²) in [6.45, 7) is 1.03. The van der Waals surface area contributed by atoms with E-state index in [0.29, 0.717) is 52.5 Å². The van der Waals surface area contributed by atoms with Gasteiger partial charge in [-0.15, -0.1) is 10.2 Å². The van der Waals surface area contributed by atoms with E-state index in [1.807, 2.05) is 0 Å². The van der Waals surface area contributed by atoms with Crippen molar-refractivity contribution in [3.05, 3.63) is 34.1 Å². The van der Waals surface area contributed by atoms with Gasteiger partial charge in [0.1, 0.15) is 5.69 Å². The number of aryl methyl sites for hydroxylation is 1. The number of benzene rings is 1. The van der Waals surface area contributed by atoms with Gasteiger partial charge >= 0.3 is 0 Å². The van der Waals surface area contributed by atoms with Crippen LogP contribution in [0.4, 0.5) is 5.82 Å². The topological polar surface area (TPSA) is 91.0 Å². The summed E-state index contributed by atoms with van der Waals surface area (Å²) in [6.07, 6.45) is 2.98. The molecular formula is C15H18Cl2N4O2S. The lowest BCUT2D eigenvalue weighted by Gasteiger charge is -2.08. The van der Waals surface area contributed by atoms with E-state index in [1.165, 1.54) is 0 Å². The maximum atomic E-state index is 10.9. The van der Waals surface area contributed by atoms with Crippen molar-refractivity contribution in [3.63, 3.8) is 0 Å². The molecule has 24 heavy (non-hydrogen) atoms. The third kappa shape index (κ3) is 5.37. The Balaban J connectivity index is 1.95. The van der Waals surface area contributed by atoms with Gasteiger partial charge in [0, 0.05) is 41.4 Å². The average Bonchev–Trinajstić information content (AvgIpc) is 2.54. The molecule has 130 valence electrons. The Morgan fingerprint density at radius 3 is 2.75 bits per heavy atom. The predicted molar refractivity (Wildman–Crippen MR) is 97.8 cm³/mol. The van der Waals surface area contributed by atoms with Crippen molar-refractivity contribution in [1.29, 1.82) is 0 Å². The summed E-state index contributed by atoms with van der Waals surface area (Å²) in [5.74, 6) is 1.34. The molecular weight excluding hydrogens is 371 g/mol. The highest BCUT2D eigenvalue weighted by Crippen LogP contribution is 2.34. The van der Waals surface area contributed by atoms with Crippen molar-refractivity contribution in [2.45, 2.75) is 12.8 Å². The van der Waals surface area contributed by atoms with Crippen molar-refractivity contribution in [3.8, 4) is 11.3 Å². The van der Waals surface area contributed by atoms with Crippen LogP contribution in [0.2, 0.25) is 10.0 Å². The number of anilines is 1. The second-order valence-corrected chi connectivity index (χ2v) is 7.40. The molecule has 0 saturated heterocycles. The summed E-state index contributed by atoms with van der Waals surface area (Å²) in [7, 11) is -0.831. The second-order valence-electron chi connectivity index (χ2n) is 5.06. The largest absolute Gasteiger partial charge is 0.382 e. The standard InChI is InChI=1S/C15H18Cl2N4O2S/c1-24(22)9-8-23-7-3-6-12-19-15(18)14(21-20-12)10-4-2-5-11(16)13(10)17/h2,4-5H,3,6-9H2,1H3,(H2,18,19,20). The molecule has 0 fully saturated rings. The Hall–Kier alpha value is -1.28. The van der Waals surface area contributed by atoms with Crippen LogP contribution in [0.5, 0.6) is 0 Å². The third-order valence-corrected chi connectivity index (χ3v) is 4.73. The third-order valence-electron chi connectivity index (χ3n) is 3.17. The van der Waals surface area contributed by atoms with Crippen molar-refractivity contribution in [1.82, 2.24) is 15.2 Å². The highest BCUT2D eigenvalue weighted by Gasteiger charge is 2.13. The van der Waals surface area contributed by atoms with E-state index in [9.17, 15) is 4.21 Å². The minimum absolute atomic E-state index is 0.256. The van der Waals surface area contributed by atoms with Crippen molar-refractivity contribution in [2.24, 2.45) is 0 Å². The predicted octanol–water partition coefficient (Wildman–Crippen LogP) is 2.76. The highest BCUT2D eigenvalue weighted by molar-refractivity contribution is 7.84. The molecule has 0 aliphatic heterocycles. The molecule has 1 atom stereocenters. The van der Waals surface area contributed by atoms with Crippen molar-refractivity contribution in [2.75, 3.05) is 31.0 Å². The fourth-order valence-electron chi connectivity index (χ4n) is 1.97. The minimum atomic E-state index is -0.831. The van der Waals surface area contributed by atoms with Crippen LogP contribution in [0.1, 0.15) is 12.2 Å². The molecule has 0 aliphatic rings. The molecule has 6 nitrogen and oxygen atoms in total. The van der Waals surface area contributed by atoms with E-state index in [4.69, 9.17) is 33.7 Å². The van der Waals surface area contributed by atoms with Crippen LogP contribution in [0.3, 0.4) is 0 Å². The van der Waals surface area contributed by atoms with E-state index in [1.54, 1.807) is 24.5 Å². The zero-order valence-electron chi connectivity index (χ0n) is 13.2. The van der Waals surface area contributed by atoms with Gasteiger partial charge in [-0.05, 0) is 12.5 Å². The lowest BCUT2D eigenvalue weighted by Crippen LogP contribution is -2.08. The summed E-state index contributed by atoms with van der Waals surface area (Å²) < 4.78 is 16.3. The Bertz CT molecular complexity index is 731. The van der Waals surface area contributed by atoms with Gasteiger partial charge in [-0.1, -0.05) is 35.3 Å². The van der Waals surface area contributed by atoms with Crippen molar-refractivity contribution >= 4 is 39.8 Å². The molecule has 2 aromatic rings. The molecule has 0 radical (unpaired) electrons. The monoisotopic (exact) mass is 388 g/mol. The van der Waals surface area contributed by atoms with Crippen LogP contribution in [0.15, 0.2) is 18.2 Å². The molecule has 9 heteroatoms. The van der Waals surface area contributed by atoms with E-state index >= 15 is 0 Å². The normalized spacial score (nSPS) is 12.3. The molecule has 2 rings (SSSR count). The van der Waals surface area contributed by atoms with Gasteiger partial charge in [-0.2, -0.15) is 0 Å². The Labute approximate surface area is 153 Å². The van der Waals surface area contributed by atoms with Gasteiger partial charge < -0.3 is 10.5 Å². The van der Waals surface area contributed by atoms with Gasteiger partial charge in [0.15, 0.2) is 11.6 Å². The summed E-state index contributed by atoms with van der Waals surface area (Å²) >= 11 is 12.2. The van der Waals surface area contributed by atoms with E-state index in [0.717, 1.165) is 6.42 Å². The smallest absolute Gasteiger partial charge is 0.154 e. The van der Waals surface area contributed by atoms with Gasteiger partial charge in [0.25, 0.3) is 0 Å². The number of nitrogen functional groups attached to an aromatic ring is 1. The molecule has 1 heterocycles. The summed E-state index contributed by atoms with van der Waals surface area (Å²) in [4.78, 5) is 4.26. The van der Waals surface area contributed by atoms with Gasteiger partial charge in [-0.3, -0.25) is 4.21 Å². The SMILES string of the molecule is CS(=O)CCOCCCc1nnc(-c2cccc(Cl)c2Cl)c(N)n1. The number of hydrogen-bond acceptors (Lipinski definition) is 6. The first-order valence-electron chi connectivity index (χ1n) is 7.30.